The Morgan fingerprint density at radius 1 is 1.60 bits per heavy atom. The molecule has 1 aromatic heterocycles. The molecule has 8 nitrogen and oxygen atoms in total. The Hall–Kier alpha value is -2.38. The van der Waals surface area contributed by atoms with E-state index >= 15 is 0 Å². The summed E-state index contributed by atoms with van der Waals surface area (Å²) in [6.45, 7) is 2.25. The van der Waals surface area contributed by atoms with Gasteiger partial charge in [0, 0.05) is 13.0 Å². The third kappa shape index (κ3) is 2.36. The number of carboxylic acid groups (broad SMARTS) is 1. The monoisotopic (exact) mass is 282 g/mol. The molecule has 2 atom stereocenters. The molecule has 0 bridgehead atoms. The quantitative estimate of drug-likeness (QED) is 0.647. The van der Waals surface area contributed by atoms with E-state index in [1.807, 2.05) is 6.92 Å². The number of carbonyl (C=O) groups is 2. The highest BCUT2D eigenvalue weighted by atomic mass is 16.6. The van der Waals surface area contributed by atoms with Gasteiger partial charge in [0.2, 0.25) is 5.91 Å². The maximum absolute atomic E-state index is 11.9. The lowest BCUT2D eigenvalue weighted by Crippen LogP contribution is -2.31. The van der Waals surface area contributed by atoms with Gasteiger partial charge in [-0.15, -0.1) is 0 Å². The molecular formula is C12H14N2O6. The Bertz CT molecular complexity index is 552. The van der Waals surface area contributed by atoms with Crippen LogP contribution in [0.2, 0.25) is 0 Å². The fourth-order valence-corrected chi connectivity index (χ4v) is 2.47. The van der Waals surface area contributed by atoms with Gasteiger partial charge in [0.05, 0.1) is 12.0 Å². The molecule has 0 spiro atoms. The summed E-state index contributed by atoms with van der Waals surface area (Å²) in [5.41, 5.74) is 0. The number of hydrogen-bond donors (Lipinski definition) is 1. The summed E-state index contributed by atoms with van der Waals surface area (Å²) in [5, 5.41) is 19.8. The lowest BCUT2D eigenvalue weighted by atomic mass is 9.98. The second kappa shape index (κ2) is 5.32. The first-order chi connectivity index (χ1) is 9.45. The smallest absolute Gasteiger partial charge is 0.433 e. The van der Waals surface area contributed by atoms with Crippen molar-refractivity contribution in [3.05, 3.63) is 28.0 Å². The molecule has 1 fully saturated rings. The highest BCUT2D eigenvalue weighted by Crippen LogP contribution is 2.39. The van der Waals surface area contributed by atoms with Crippen molar-refractivity contribution < 1.29 is 24.0 Å². The van der Waals surface area contributed by atoms with Gasteiger partial charge in [0.15, 0.2) is 0 Å². The molecule has 0 saturated carbocycles. The number of aliphatic carboxylic acids is 1. The zero-order valence-electron chi connectivity index (χ0n) is 10.8. The van der Waals surface area contributed by atoms with Gasteiger partial charge in [0.1, 0.15) is 16.7 Å². The Morgan fingerprint density at radius 2 is 2.30 bits per heavy atom. The van der Waals surface area contributed by atoms with Crippen LogP contribution in [0.4, 0.5) is 5.88 Å². The molecule has 0 radical (unpaired) electrons. The molecular weight excluding hydrogens is 268 g/mol. The number of hydrogen-bond acceptors (Lipinski definition) is 5. The average Bonchev–Trinajstić information content (AvgIpc) is 2.95. The van der Waals surface area contributed by atoms with Crippen LogP contribution in [0.3, 0.4) is 0 Å². The zero-order valence-corrected chi connectivity index (χ0v) is 10.8. The normalized spacial score (nSPS) is 22.2. The zero-order chi connectivity index (χ0) is 14.9. The number of rotatable bonds is 5. The van der Waals surface area contributed by atoms with Crippen LogP contribution in [-0.4, -0.2) is 33.4 Å². The summed E-state index contributed by atoms with van der Waals surface area (Å²) in [6, 6.07) is 1.75. The second-order valence-electron chi connectivity index (χ2n) is 4.61. The third-order valence-corrected chi connectivity index (χ3v) is 3.30. The van der Waals surface area contributed by atoms with Gasteiger partial charge in [-0.25, -0.2) is 0 Å². The van der Waals surface area contributed by atoms with Gasteiger partial charge >= 0.3 is 11.9 Å². The molecule has 0 aliphatic carbocycles. The van der Waals surface area contributed by atoms with Crippen LogP contribution in [0.25, 0.3) is 0 Å². The van der Waals surface area contributed by atoms with E-state index in [-0.39, 0.29) is 18.1 Å². The molecule has 2 heterocycles. The van der Waals surface area contributed by atoms with Crippen molar-refractivity contribution in [3.8, 4) is 0 Å². The van der Waals surface area contributed by atoms with Gasteiger partial charge < -0.3 is 14.4 Å². The fraction of sp³-hybridized carbons (Fsp3) is 0.500. The van der Waals surface area contributed by atoms with Crippen molar-refractivity contribution in [3.63, 3.8) is 0 Å². The summed E-state index contributed by atoms with van der Waals surface area (Å²) < 4.78 is 5.08. The van der Waals surface area contributed by atoms with Crippen LogP contribution in [0.15, 0.2) is 16.5 Å². The van der Waals surface area contributed by atoms with Gasteiger partial charge in [-0.05, 0) is 12.5 Å². The number of carboxylic acids is 1. The molecule has 2 unspecified atom stereocenters. The van der Waals surface area contributed by atoms with Gasteiger partial charge in [0.25, 0.3) is 0 Å². The number of furan rings is 1. The summed E-state index contributed by atoms with van der Waals surface area (Å²) in [4.78, 5) is 34.5. The Kier molecular flexibility index (Phi) is 3.73. The van der Waals surface area contributed by atoms with E-state index < -0.39 is 28.7 Å². The first-order valence-corrected chi connectivity index (χ1v) is 6.22. The third-order valence-electron chi connectivity index (χ3n) is 3.30. The Labute approximate surface area is 114 Å². The molecule has 1 aromatic rings. The standard InChI is InChI=1S/C12H14N2O6/c1-2-5-13-9(15)6-7(12(16)17)11(13)8-3-4-10(20-8)14(18)19/h3-4,7,11H,2,5-6H2,1H3,(H,16,17). The minimum Gasteiger partial charge on any atom is -0.481 e. The highest BCUT2D eigenvalue weighted by Gasteiger charge is 2.46. The molecule has 1 aliphatic heterocycles. The van der Waals surface area contributed by atoms with Crippen LogP contribution in [-0.2, 0) is 9.59 Å². The molecule has 1 amide bonds. The first kappa shape index (κ1) is 14.0. The predicted molar refractivity (Wildman–Crippen MR) is 65.9 cm³/mol. The predicted octanol–water partition coefficient (Wildman–Crippen LogP) is 1.57. The maximum Gasteiger partial charge on any atom is 0.433 e. The van der Waals surface area contributed by atoms with E-state index in [0.717, 1.165) is 0 Å². The molecule has 1 saturated heterocycles. The van der Waals surface area contributed by atoms with Crippen molar-refractivity contribution >= 4 is 17.8 Å². The second-order valence-corrected chi connectivity index (χ2v) is 4.61. The van der Waals surface area contributed by atoms with Gasteiger partial charge in [-0.1, -0.05) is 6.92 Å². The van der Waals surface area contributed by atoms with Crippen molar-refractivity contribution in [2.24, 2.45) is 5.92 Å². The molecule has 2 rings (SSSR count). The largest absolute Gasteiger partial charge is 0.481 e. The van der Waals surface area contributed by atoms with E-state index in [1.165, 1.54) is 17.0 Å². The van der Waals surface area contributed by atoms with Crippen molar-refractivity contribution in [1.29, 1.82) is 0 Å². The summed E-state index contributed by atoms with van der Waals surface area (Å²) in [5.74, 6) is -2.65. The summed E-state index contributed by atoms with van der Waals surface area (Å²) >= 11 is 0. The van der Waals surface area contributed by atoms with Gasteiger partial charge in [-0.2, -0.15) is 0 Å². The fourth-order valence-electron chi connectivity index (χ4n) is 2.47. The van der Waals surface area contributed by atoms with Gasteiger partial charge in [-0.3, -0.25) is 19.7 Å². The Morgan fingerprint density at radius 3 is 2.80 bits per heavy atom. The van der Waals surface area contributed by atoms with E-state index in [2.05, 4.69) is 0 Å². The minimum absolute atomic E-state index is 0.117. The van der Waals surface area contributed by atoms with Crippen molar-refractivity contribution in [1.82, 2.24) is 4.90 Å². The number of carbonyl (C=O) groups excluding carboxylic acids is 1. The average molecular weight is 282 g/mol. The van der Waals surface area contributed by atoms with Crippen LogP contribution in [0.1, 0.15) is 31.6 Å². The lowest BCUT2D eigenvalue weighted by Gasteiger charge is -2.24. The number of nitrogens with zero attached hydrogens (tertiary/aromatic N) is 2. The minimum atomic E-state index is -1.11. The van der Waals surface area contributed by atoms with Crippen molar-refractivity contribution in [2.45, 2.75) is 25.8 Å². The molecule has 1 aliphatic rings. The maximum atomic E-state index is 11.9. The Balaban J connectivity index is 2.37. The molecule has 1 N–H and O–H groups in total. The van der Waals surface area contributed by atoms with Crippen LogP contribution < -0.4 is 0 Å². The van der Waals surface area contributed by atoms with Crippen LogP contribution >= 0.6 is 0 Å². The molecule has 8 heteroatoms. The molecule has 20 heavy (non-hydrogen) atoms. The van der Waals surface area contributed by atoms with Crippen LogP contribution in [0, 0.1) is 16.0 Å². The highest BCUT2D eigenvalue weighted by molar-refractivity contribution is 5.87. The lowest BCUT2D eigenvalue weighted by molar-refractivity contribution is -0.402. The summed E-state index contributed by atoms with van der Waals surface area (Å²) in [7, 11) is 0. The molecule has 0 aromatic carbocycles. The van der Waals surface area contributed by atoms with E-state index in [0.29, 0.717) is 13.0 Å². The topological polar surface area (TPSA) is 114 Å². The van der Waals surface area contributed by atoms with E-state index in [4.69, 9.17) is 4.42 Å². The molecule has 108 valence electrons. The van der Waals surface area contributed by atoms with Crippen molar-refractivity contribution in [2.75, 3.05) is 6.54 Å². The SMILES string of the molecule is CCCN1C(=O)CC(C(=O)O)C1c1ccc([N+](=O)[O-])o1. The first-order valence-electron chi connectivity index (χ1n) is 6.22. The summed E-state index contributed by atoms with van der Waals surface area (Å²) in [6.07, 6.45) is 0.547. The van der Waals surface area contributed by atoms with E-state index in [9.17, 15) is 24.8 Å². The number of amides is 1. The number of likely N-dealkylation sites (tertiary alicyclic amines) is 1. The number of nitro groups is 1. The van der Waals surface area contributed by atoms with E-state index in [1.54, 1.807) is 0 Å². The van der Waals surface area contributed by atoms with Crippen LogP contribution in [0.5, 0.6) is 0 Å².